The second-order valence-corrected chi connectivity index (χ2v) is 13.2. The smallest absolute Gasteiger partial charge is 0.277 e. The van der Waals surface area contributed by atoms with E-state index >= 15 is 0 Å². The number of carbonyl (C=O) groups excluding carboxylic acids is 1. The summed E-state index contributed by atoms with van der Waals surface area (Å²) in [4.78, 5) is 33.7. The molecule has 0 amide bonds. The summed E-state index contributed by atoms with van der Waals surface area (Å²) in [7, 11) is -3.94. The predicted octanol–water partition coefficient (Wildman–Crippen LogP) is 4.87. The van der Waals surface area contributed by atoms with Gasteiger partial charge in [-0.3, -0.25) is 9.59 Å². The summed E-state index contributed by atoms with van der Waals surface area (Å²) in [5.74, 6) is 0.668. The number of ether oxygens (including phenoxy) is 1. The van der Waals surface area contributed by atoms with E-state index in [1.807, 2.05) is 6.92 Å². The zero-order valence-corrected chi connectivity index (χ0v) is 25.0. The molecule has 3 heterocycles. The lowest BCUT2D eigenvalue weighted by atomic mass is 9.90. The third-order valence-electron chi connectivity index (χ3n) is 8.52. The van der Waals surface area contributed by atoms with Crippen LogP contribution in [0.5, 0.6) is 5.75 Å². The first-order valence-corrected chi connectivity index (χ1v) is 16.2. The number of rotatable bonds is 8. The van der Waals surface area contributed by atoms with Crippen LogP contribution in [0.15, 0.2) is 52.2 Å². The molecule has 6 rings (SSSR count). The lowest BCUT2D eigenvalue weighted by molar-refractivity contribution is 0.0875. The molecule has 4 aromatic rings. The number of aryl methyl sites for hydroxylation is 1. The van der Waals surface area contributed by atoms with Crippen molar-refractivity contribution in [3.8, 4) is 17.1 Å². The number of aromatic nitrogens is 4. The maximum Gasteiger partial charge on any atom is 0.277 e. The summed E-state index contributed by atoms with van der Waals surface area (Å²) >= 11 is 0. The highest BCUT2D eigenvalue weighted by Crippen LogP contribution is 2.35. The van der Waals surface area contributed by atoms with Gasteiger partial charge in [0.05, 0.1) is 22.8 Å². The van der Waals surface area contributed by atoms with Gasteiger partial charge < -0.3 is 9.72 Å². The Bertz CT molecular complexity index is 1840. The average molecular weight is 608 g/mol. The Balaban J connectivity index is 1.31. The topological polar surface area (TPSA) is 127 Å². The molecule has 1 aliphatic heterocycles. The van der Waals surface area contributed by atoms with Crippen molar-refractivity contribution >= 4 is 21.3 Å². The van der Waals surface area contributed by atoms with Gasteiger partial charge in [0.2, 0.25) is 10.0 Å². The molecule has 1 aliphatic carbocycles. The zero-order chi connectivity index (χ0) is 30.3. The first-order valence-electron chi connectivity index (χ1n) is 14.7. The molecule has 0 bridgehead atoms. The number of ketones is 1. The molecule has 2 aromatic heterocycles. The number of nitrogens with one attached hydrogen (secondary N) is 1. The molecule has 0 radical (unpaired) electrons. The first-order chi connectivity index (χ1) is 20.7. The van der Waals surface area contributed by atoms with Gasteiger partial charge in [-0.2, -0.15) is 4.31 Å². The van der Waals surface area contributed by atoms with Crippen LogP contribution in [0.4, 0.5) is 4.39 Å². The number of H-pyrrole nitrogens is 1. The molecule has 226 valence electrons. The highest BCUT2D eigenvalue weighted by atomic mass is 32.2. The molecule has 2 aromatic carbocycles. The fourth-order valence-electron chi connectivity index (χ4n) is 6.26. The Morgan fingerprint density at radius 3 is 2.44 bits per heavy atom. The first kappa shape index (κ1) is 29.2. The van der Waals surface area contributed by atoms with E-state index in [-0.39, 0.29) is 47.0 Å². The number of sulfonamides is 1. The monoisotopic (exact) mass is 607 g/mol. The van der Waals surface area contributed by atoms with Crippen molar-refractivity contribution in [2.75, 3.05) is 19.7 Å². The van der Waals surface area contributed by atoms with Crippen LogP contribution in [-0.4, -0.2) is 57.8 Å². The van der Waals surface area contributed by atoms with Gasteiger partial charge in [0.25, 0.3) is 5.56 Å². The molecule has 1 N–H and O–H groups in total. The van der Waals surface area contributed by atoms with E-state index in [2.05, 4.69) is 4.98 Å². The summed E-state index contributed by atoms with van der Waals surface area (Å²) in [6.07, 6.45) is 4.87. The Morgan fingerprint density at radius 1 is 1.07 bits per heavy atom. The third-order valence-corrected chi connectivity index (χ3v) is 10.4. The van der Waals surface area contributed by atoms with Gasteiger partial charge in [-0.15, -0.1) is 5.10 Å². The summed E-state index contributed by atoms with van der Waals surface area (Å²) in [5, 5.41) is 4.76. The Labute approximate surface area is 249 Å². The number of imidazole rings is 1. The number of Topliss-reactive ketones (excluding diaryl/α,β-unsaturated/α-hetero) is 1. The molecule has 43 heavy (non-hydrogen) atoms. The standard InChI is InChI=1S/C31H34FN5O5S/c1-3-42-26-13-12-24(43(40,41)36-16-14-21(15-17-36)28(38)20-8-10-23(32)11-9-20)18-25(26)29-34-31(39)27-19(2)33-30(37(27)35-29)22-6-4-5-7-22/h8-13,18,21-22H,3-7,14-17H2,1-2H3,(H,34,35,39). The molecule has 10 nitrogen and oxygen atoms in total. The average Bonchev–Trinajstić information content (AvgIpc) is 3.66. The highest BCUT2D eigenvalue weighted by molar-refractivity contribution is 7.89. The van der Waals surface area contributed by atoms with Crippen LogP contribution in [0.25, 0.3) is 16.9 Å². The largest absolute Gasteiger partial charge is 0.493 e. The van der Waals surface area contributed by atoms with Crippen LogP contribution in [0.1, 0.15) is 73.2 Å². The molecule has 0 spiro atoms. The van der Waals surface area contributed by atoms with Crippen molar-refractivity contribution in [1.82, 2.24) is 23.9 Å². The maximum atomic E-state index is 13.8. The molecule has 0 unspecified atom stereocenters. The molecule has 12 heteroatoms. The van der Waals surface area contributed by atoms with Crippen molar-refractivity contribution in [2.45, 2.75) is 63.2 Å². The van der Waals surface area contributed by atoms with Gasteiger partial charge in [-0.25, -0.2) is 22.3 Å². The van der Waals surface area contributed by atoms with E-state index in [0.717, 1.165) is 31.5 Å². The number of halogens is 1. The van der Waals surface area contributed by atoms with E-state index in [4.69, 9.17) is 14.8 Å². The van der Waals surface area contributed by atoms with Crippen LogP contribution in [0.3, 0.4) is 0 Å². The van der Waals surface area contributed by atoms with Crippen LogP contribution in [0, 0.1) is 18.7 Å². The van der Waals surface area contributed by atoms with Crippen molar-refractivity contribution in [3.05, 3.63) is 75.7 Å². The van der Waals surface area contributed by atoms with Gasteiger partial charge in [0, 0.05) is 30.5 Å². The van der Waals surface area contributed by atoms with Crippen LogP contribution < -0.4 is 10.3 Å². The molecule has 2 fully saturated rings. The number of carbonyl (C=O) groups is 1. The highest BCUT2D eigenvalue weighted by Gasteiger charge is 2.33. The molecule has 1 saturated carbocycles. The van der Waals surface area contributed by atoms with Crippen molar-refractivity contribution in [3.63, 3.8) is 0 Å². The van der Waals surface area contributed by atoms with Crippen molar-refractivity contribution < 1.29 is 22.3 Å². The van der Waals surface area contributed by atoms with E-state index < -0.39 is 15.8 Å². The van der Waals surface area contributed by atoms with Crippen LogP contribution in [0.2, 0.25) is 0 Å². The fraction of sp³-hybridized carbons (Fsp3) is 0.419. The van der Waals surface area contributed by atoms with E-state index in [0.29, 0.717) is 47.5 Å². The molecular formula is C31H34FN5O5S. The van der Waals surface area contributed by atoms with Gasteiger partial charge >= 0.3 is 0 Å². The lowest BCUT2D eigenvalue weighted by Gasteiger charge is -2.30. The fourth-order valence-corrected chi connectivity index (χ4v) is 7.75. The number of fused-ring (bicyclic) bond motifs is 1. The predicted molar refractivity (Wildman–Crippen MR) is 158 cm³/mol. The van der Waals surface area contributed by atoms with E-state index in [1.54, 1.807) is 17.5 Å². The quantitative estimate of drug-likeness (QED) is 0.283. The van der Waals surface area contributed by atoms with Gasteiger partial charge in [0.15, 0.2) is 17.1 Å². The minimum absolute atomic E-state index is 0.0369. The number of hydrogen-bond donors (Lipinski definition) is 1. The second-order valence-electron chi connectivity index (χ2n) is 11.2. The molecular weight excluding hydrogens is 573 g/mol. The Kier molecular flexibility index (Phi) is 7.91. The summed E-state index contributed by atoms with van der Waals surface area (Å²) in [5.41, 5.74) is 1.40. The second kappa shape index (κ2) is 11.6. The Morgan fingerprint density at radius 2 is 1.77 bits per heavy atom. The summed E-state index contributed by atoms with van der Waals surface area (Å²) < 4.78 is 49.7. The van der Waals surface area contributed by atoms with E-state index in [9.17, 15) is 22.4 Å². The number of nitrogens with zero attached hydrogens (tertiary/aromatic N) is 4. The lowest BCUT2D eigenvalue weighted by Crippen LogP contribution is -2.40. The molecule has 2 aliphatic rings. The van der Waals surface area contributed by atoms with Gasteiger partial charge in [-0.05, 0) is 82.0 Å². The third kappa shape index (κ3) is 5.49. The number of piperidine rings is 1. The van der Waals surface area contributed by atoms with Gasteiger partial charge in [0.1, 0.15) is 17.4 Å². The minimum Gasteiger partial charge on any atom is -0.493 e. The zero-order valence-electron chi connectivity index (χ0n) is 24.2. The normalized spacial score (nSPS) is 17.1. The summed E-state index contributed by atoms with van der Waals surface area (Å²) in [6.45, 7) is 4.28. The number of aromatic amines is 1. The van der Waals surface area contributed by atoms with Crippen molar-refractivity contribution in [1.29, 1.82) is 0 Å². The van der Waals surface area contributed by atoms with Crippen LogP contribution >= 0.6 is 0 Å². The SMILES string of the molecule is CCOc1ccc(S(=O)(=O)N2CCC(C(=O)c3ccc(F)cc3)CC2)cc1-c1nn2c(C3CCCC3)nc(C)c2c(=O)[nH]1. The van der Waals surface area contributed by atoms with E-state index in [1.165, 1.54) is 40.7 Å². The number of hydrogen-bond acceptors (Lipinski definition) is 7. The number of benzene rings is 2. The minimum atomic E-state index is -3.94. The van der Waals surface area contributed by atoms with Crippen molar-refractivity contribution in [2.24, 2.45) is 5.92 Å². The maximum absolute atomic E-state index is 13.8. The van der Waals surface area contributed by atoms with Gasteiger partial charge in [-0.1, -0.05) is 12.8 Å². The molecule has 0 atom stereocenters. The van der Waals surface area contributed by atoms with Crippen LogP contribution in [-0.2, 0) is 10.0 Å². The summed E-state index contributed by atoms with van der Waals surface area (Å²) in [6, 6.07) is 9.97. The Hall–Kier alpha value is -3.90. The molecule has 1 saturated heterocycles.